The number of hydrogen-bond acceptors (Lipinski definition) is 8. The van der Waals surface area contributed by atoms with Gasteiger partial charge in [-0.15, -0.1) is 0 Å². The van der Waals surface area contributed by atoms with Crippen LogP contribution in [-0.4, -0.2) is 66.7 Å². The van der Waals surface area contributed by atoms with Crippen LogP contribution in [0, 0.1) is 0 Å². The number of fused-ring (bicyclic) bond motifs is 3. The monoisotopic (exact) mass is 531 g/mol. The van der Waals surface area contributed by atoms with Crippen LogP contribution in [0.25, 0.3) is 16.9 Å². The quantitative estimate of drug-likeness (QED) is 0.492. The van der Waals surface area contributed by atoms with Crippen molar-refractivity contribution >= 4 is 27.1 Å². The number of amides is 1. The Morgan fingerprint density at radius 3 is 2.69 bits per heavy atom. The zero-order valence-corrected chi connectivity index (χ0v) is 22.5. The molecule has 1 saturated heterocycles. The maximum Gasteiger partial charge on any atom is 0.275 e. The molecule has 0 spiro atoms. The third kappa shape index (κ3) is 3.89. The maximum atomic E-state index is 13.8. The predicted molar refractivity (Wildman–Crippen MR) is 136 cm³/mol. The molecule has 4 heterocycles. The lowest BCUT2D eigenvalue weighted by atomic mass is 9.99. The van der Waals surface area contributed by atoms with E-state index >= 15 is 0 Å². The summed E-state index contributed by atoms with van der Waals surface area (Å²) in [6.45, 7) is 8.66. The van der Waals surface area contributed by atoms with Gasteiger partial charge in [0.15, 0.2) is 15.5 Å². The van der Waals surface area contributed by atoms with Gasteiger partial charge in [-0.25, -0.2) is 13.1 Å². The van der Waals surface area contributed by atoms with E-state index in [-0.39, 0.29) is 23.2 Å². The fourth-order valence-electron chi connectivity index (χ4n) is 4.59. The van der Waals surface area contributed by atoms with Gasteiger partial charge in [0.1, 0.15) is 23.0 Å². The minimum Gasteiger partial charge on any atom is -0.495 e. The van der Waals surface area contributed by atoms with Crippen molar-refractivity contribution in [2.75, 3.05) is 26.9 Å². The van der Waals surface area contributed by atoms with Gasteiger partial charge in [0, 0.05) is 29.1 Å². The average molecular weight is 532 g/mol. The summed E-state index contributed by atoms with van der Waals surface area (Å²) in [4.78, 5) is 15.7. The van der Waals surface area contributed by atoms with E-state index in [0.29, 0.717) is 48.0 Å². The lowest BCUT2D eigenvalue weighted by Crippen LogP contribution is -2.55. The molecule has 3 aromatic rings. The molecule has 11 heteroatoms. The highest BCUT2D eigenvalue weighted by Crippen LogP contribution is 2.45. The second kappa shape index (κ2) is 8.89. The Hall–Kier alpha value is -2.89. The molecule has 2 aliphatic rings. The largest absolute Gasteiger partial charge is 0.495 e. The number of carbonyl (C=O) groups excluding carboxylic acids is 1. The third-order valence-electron chi connectivity index (χ3n) is 6.65. The summed E-state index contributed by atoms with van der Waals surface area (Å²) >= 11 is 1.51. The van der Waals surface area contributed by atoms with E-state index in [0.717, 1.165) is 5.69 Å². The number of hydrogen-bond donors (Lipinski definition) is 0. The normalized spacial score (nSPS) is 16.9. The lowest BCUT2D eigenvalue weighted by molar-refractivity contribution is -0.0374. The number of thiophene rings is 1. The number of nitrogens with zero attached hydrogens (tertiary/aromatic N) is 3. The minimum atomic E-state index is -3.66. The number of carbonyl (C=O) groups is 1. The first-order valence-corrected chi connectivity index (χ1v) is 14.2. The number of morpholine rings is 1. The Balaban J connectivity index is 1.74. The molecule has 0 unspecified atom stereocenters. The van der Waals surface area contributed by atoms with E-state index in [2.05, 4.69) is 0 Å². The van der Waals surface area contributed by atoms with Crippen molar-refractivity contribution in [1.29, 1.82) is 0 Å². The van der Waals surface area contributed by atoms with Gasteiger partial charge in [0.2, 0.25) is 0 Å². The van der Waals surface area contributed by atoms with E-state index in [4.69, 9.17) is 19.3 Å². The van der Waals surface area contributed by atoms with Crippen molar-refractivity contribution in [3.63, 3.8) is 0 Å². The summed E-state index contributed by atoms with van der Waals surface area (Å²) in [7, 11) is -2.23. The Bertz CT molecular complexity index is 1420. The molecule has 9 nitrogen and oxygen atoms in total. The molecule has 0 N–H and O–H groups in total. The second-order valence-electron chi connectivity index (χ2n) is 9.77. The molecule has 1 aromatic carbocycles. The molecule has 2 aromatic heterocycles. The van der Waals surface area contributed by atoms with Crippen molar-refractivity contribution in [2.45, 2.75) is 50.0 Å². The molecular formula is C25H29N3O6S2. The highest BCUT2D eigenvalue weighted by Gasteiger charge is 2.39. The zero-order valence-electron chi connectivity index (χ0n) is 20.9. The van der Waals surface area contributed by atoms with Crippen molar-refractivity contribution < 1.29 is 27.4 Å². The van der Waals surface area contributed by atoms with E-state index in [1.165, 1.54) is 18.4 Å². The SMILES string of the molecule is COc1cc2c(cc1S(=O)(=O)C(C)C)-c1c(c(C(=O)N3CCOCC3(C)C)nn1-c1ccsc1)CO2. The molecule has 1 amide bonds. The van der Waals surface area contributed by atoms with Crippen LogP contribution in [0.15, 0.2) is 33.9 Å². The van der Waals surface area contributed by atoms with Crippen LogP contribution in [0.5, 0.6) is 11.5 Å². The molecule has 1 fully saturated rings. The topological polar surface area (TPSA) is 100.0 Å². The molecule has 0 aliphatic carbocycles. The Morgan fingerprint density at radius 1 is 1.28 bits per heavy atom. The molecule has 0 radical (unpaired) electrons. The molecule has 2 aliphatic heterocycles. The third-order valence-corrected chi connectivity index (χ3v) is 9.49. The summed E-state index contributed by atoms with van der Waals surface area (Å²) in [6, 6.07) is 5.10. The molecule has 0 bridgehead atoms. The second-order valence-corrected chi connectivity index (χ2v) is 13.0. The van der Waals surface area contributed by atoms with Gasteiger partial charge in [-0.2, -0.15) is 16.4 Å². The van der Waals surface area contributed by atoms with Crippen LogP contribution in [-0.2, 0) is 21.2 Å². The van der Waals surface area contributed by atoms with Gasteiger partial charge in [-0.1, -0.05) is 0 Å². The highest BCUT2D eigenvalue weighted by atomic mass is 32.2. The van der Waals surface area contributed by atoms with E-state index in [9.17, 15) is 13.2 Å². The fourth-order valence-corrected chi connectivity index (χ4v) is 6.42. The van der Waals surface area contributed by atoms with Crippen LogP contribution >= 0.6 is 11.3 Å². The van der Waals surface area contributed by atoms with Crippen LogP contribution in [0.4, 0.5) is 0 Å². The first-order valence-electron chi connectivity index (χ1n) is 11.7. The number of benzene rings is 1. The zero-order chi connectivity index (χ0) is 25.8. The minimum absolute atomic E-state index is 0.0791. The van der Waals surface area contributed by atoms with E-state index in [1.807, 2.05) is 30.7 Å². The standard InChI is InChI=1S/C25H29N3O6S2/c1-15(2)36(30,31)21-10-17-19(11-20(21)32-5)34-12-18-22(24(29)27-7-8-33-14-25(27,3)4)26-28(23(17)18)16-6-9-35-13-16/h6,9-11,13,15H,7-8,12,14H2,1-5H3. The predicted octanol–water partition coefficient (Wildman–Crippen LogP) is 3.93. The Kier molecular flexibility index (Phi) is 6.12. The van der Waals surface area contributed by atoms with Crippen LogP contribution < -0.4 is 9.47 Å². The van der Waals surface area contributed by atoms with Gasteiger partial charge in [-0.05, 0) is 45.2 Å². The van der Waals surface area contributed by atoms with E-state index < -0.39 is 20.6 Å². The summed E-state index contributed by atoms with van der Waals surface area (Å²) in [5.41, 5.74) is 2.41. The Morgan fingerprint density at radius 2 is 2.06 bits per heavy atom. The average Bonchev–Trinajstić information content (AvgIpc) is 3.50. The Labute approximate surface area is 214 Å². The number of rotatable bonds is 5. The highest BCUT2D eigenvalue weighted by molar-refractivity contribution is 7.92. The smallest absolute Gasteiger partial charge is 0.275 e. The van der Waals surface area contributed by atoms with E-state index in [1.54, 1.807) is 35.6 Å². The van der Waals surface area contributed by atoms with Gasteiger partial charge >= 0.3 is 0 Å². The van der Waals surface area contributed by atoms with Gasteiger partial charge in [-0.3, -0.25) is 4.79 Å². The number of ether oxygens (including phenoxy) is 3. The lowest BCUT2D eigenvalue weighted by Gasteiger charge is -2.41. The summed E-state index contributed by atoms with van der Waals surface area (Å²) in [6.07, 6.45) is 0. The number of sulfone groups is 1. The maximum absolute atomic E-state index is 13.8. The first-order chi connectivity index (χ1) is 17.1. The van der Waals surface area contributed by atoms with Crippen molar-refractivity contribution in [3.05, 3.63) is 40.2 Å². The van der Waals surface area contributed by atoms with Crippen molar-refractivity contribution in [2.24, 2.45) is 0 Å². The van der Waals surface area contributed by atoms with Gasteiger partial charge in [0.05, 0.1) is 42.5 Å². The van der Waals surface area contributed by atoms with Crippen LogP contribution in [0.1, 0.15) is 43.7 Å². The molecule has 0 saturated carbocycles. The molecule has 5 rings (SSSR count). The van der Waals surface area contributed by atoms with Crippen LogP contribution in [0.3, 0.4) is 0 Å². The fraction of sp³-hybridized carbons (Fsp3) is 0.440. The summed E-state index contributed by atoms with van der Waals surface area (Å²) in [5.74, 6) is 0.493. The number of aromatic nitrogens is 2. The summed E-state index contributed by atoms with van der Waals surface area (Å²) in [5, 5.41) is 8.00. The van der Waals surface area contributed by atoms with Crippen molar-refractivity contribution in [3.8, 4) is 28.4 Å². The number of methoxy groups -OCH3 is 1. The van der Waals surface area contributed by atoms with Crippen molar-refractivity contribution in [1.82, 2.24) is 14.7 Å². The molecule has 192 valence electrons. The molecule has 0 atom stereocenters. The summed E-state index contributed by atoms with van der Waals surface area (Å²) < 4.78 is 45.2. The van der Waals surface area contributed by atoms with Gasteiger partial charge < -0.3 is 19.1 Å². The molecule has 36 heavy (non-hydrogen) atoms. The first kappa shape index (κ1) is 24.8. The van der Waals surface area contributed by atoms with Crippen LogP contribution in [0.2, 0.25) is 0 Å². The van der Waals surface area contributed by atoms with Gasteiger partial charge in [0.25, 0.3) is 5.91 Å². The molecular weight excluding hydrogens is 502 g/mol.